The lowest BCUT2D eigenvalue weighted by Gasteiger charge is -2.08. The first-order chi connectivity index (χ1) is 11.6. The highest BCUT2D eigenvalue weighted by atomic mass is 16.1. The summed E-state index contributed by atoms with van der Waals surface area (Å²) in [6.07, 6.45) is 4.30. The molecule has 3 rings (SSSR count). The molecule has 0 aliphatic carbocycles. The summed E-state index contributed by atoms with van der Waals surface area (Å²) in [5.74, 6) is 0.723. The average Bonchev–Trinajstić information content (AvgIpc) is 3.02. The predicted octanol–water partition coefficient (Wildman–Crippen LogP) is 2.77. The normalized spacial score (nSPS) is 11.1. The molecule has 24 heavy (non-hydrogen) atoms. The molecule has 0 bridgehead atoms. The van der Waals surface area contributed by atoms with Crippen LogP contribution in [0.3, 0.4) is 0 Å². The molecular weight excluding hydrogens is 302 g/mol. The van der Waals surface area contributed by atoms with Gasteiger partial charge >= 0.3 is 0 Å². The fraction of sp³-hybridized carbons (Fsp3) is 0.333. The Morgan fingerprint density at radius 2 is 2.08 bits per heavy atom. The van der Waals surface area contributed by atoms with Gasteiger partial charge in [-0.2, -0.15) is 5.10 Å². The van der Waals surface area contributed by atoms with Gasteiger partial charge in [0.15, 0.2) is 0 Å². The van der Waals surface area contributed by atoms with Gasteiger partial charge in [-0.05, 0) is 18.6 Å². The molecule has 0 spiro atoms. The number of aromatic nitrogens is 4. The summed E-state index contributed by atoms with van der Waals surface area (Å²) in [7, 11) is 0. The van der Waals surface area contributed by atoms with Crippen LogP contribution in [0.5, 0.6) is 0 Å². The molecule has 0 fully saturated rings. The van der Waals surface area contributed by atoms with Crippen molar-refractivity contribution < 1.29 is 4.79 Å². The van der Waals surface area contributed by atoms with Crippen LogP contribution < -0.4 is 5.32 Å². The summed E-state index contributed by atoms with van der Waals surface area (Å²) >= 11 is 0. The minimum Gasteiger partial charge on any atom is -0.351 e. The van der Waals surface area contributed by atoms with Crippen molar-refractivity contribution in [1.29, 1.82) is 0 Å². The number of nitrogens with one attached hydrogen (secondary N) is 1. The van der Waals surface area contributed by atoms with E-state index in [1.807, 2.05) is 42.9 Å². The second-order valence-corrected chi connectivity index (χ2v) is 5.99. The molecule has 0 aliphatic rings. The zero-order valence-corrected chi connectivity index (χ0v) is 13.9. The van der Waals surface area contributed by atoms with Gasteiger partial charge in [-0.1, -0.05) is 32.0 Å². The van der Waals surface area contributed by atoms with E-state index >= 15 is 0 Å². The Morgan fingerprint density at radius 3 is 2.92 bits per heavy atom. The van der Waals surface area contributed by atoms with Crippen LogP contribution >= 0.6 is 0 Å². The van der Waals surface area contributed by atoms with Crippen molar-refractivity contribution in [3.05, 3.63) is 54.2 Å². The Kier molecular flexibility index (Phi) is 4.84. The number of carbonyl (C=O) groups is 1. The fourth-order valence-corrected chi connectivity index (χ4v) is 2.50. The molecule has 0 atom stereocenters. The minimum absolute atomic E-state index is 0.162. The molecule has 1 aromatic carbocycles. The third kappa shape index (κ3) is 3.59. The van der Waals surface area contributed by atoms with Crippen molar-refractivity contribution in [3.63, 3.8) is 0 Å². The zero-order valence-electron chi connectivity index (χ0n) is 13.9. The van der Waals surface area contributed by atoms with Crippen LogP contribution in [0.2, 0.25) is 0 Å². The number of aryl methyl sites for hydroxylation is 1. The summed E-state index contributed by atoms with van der Waals surface area (Å²) in [4.78, 5) is 20.6. The highest BCUT2D eigenvalue weighted by Crippen LogP contribution is 2.12. The Hall–Kier alpha value is -2.76. The Balaban J connectivity index is 1.53. The van der Waals surface area contributed by atoms with Crippen molar-refractivity contribution >= 4 is 16.8 Å². The van der Waals surface area contributed by atoms with Crippen LogP contribution in [0, 0.1) is 0 Å². The summed E-state index contributed by atoms with van der Waals surface area (Å²) in [5, 5.41) is 8.42. The number of carbonyl (C=O) groups excluding carboxylic acids is 1. The molecule has 3 aromatic rings. The molecule has 0 aliphatic heterocycles. The molecule has 0 saturated carbocycles. The highest BCUT2D eigenvalue weighted by Gasteiger charge is 2.10. The van der Waals surface area contributed by atoms with Gasteiger partial charge in [0.1, 0.15) is 11.5 Å². The van der Waals surface area contributed by atoms with E-state index < -0.39 is 0 Å². The van der Waals surface area contributed by atoms with Crippen molar-refractivity contribution in [3.8, 4) is 0 Å². The van der Waals surface area contributed by atoms with E-state index in [9.17, 15) is 4.79 Å². The molecule has 1 amide bonds. The maximum absolute atomic E-state index is 12.2. The zero-order chi connectivity index (χ0) is 16.9. The average molecular weight is 323 g/mol. The first-order valence-electron chi connectivity index (χ1n) is 8.17. The first-order valence-corrected chi connectivity index (χ1v) is 8.17. The van der Waals surface area contributed by atoms with Gasteiger partial charge < -0.3 is 5.32 Å². The summed E-state index contributed by atoms with van der Waals surface area (Å²) < 4.78 is 1.96. The molecule has 2 heterocycles. The number of rotatable bonds is 6. The summed E-state index contributed by atoms with van der Waals surface area (Å²) in [5.41, 5.74) is 1.53. The minimum atomic E-state index is -0.162. The van der Waals surface area contributed by atoms with E-state index in [0.29, 0.717) is 18.1 Å². The molecule has 124 valence electrons. The Bertz CT molecular complexity index is 840. The molecule has 6 heteroatoms. The van der Waals surface area contributed by atoms with Crippen LogP contribution in [0.25, 0.3) is 10.9 Å². The van der Waals surface area contributed by atoms with Crippen molar-refractivity contribution in [2.75, 3.05) is 6.54 Å². The van der Waals surface area contributed by atoms with Crippen LogP contribution in [0.15, 0.2) is 42.7 Å². The molecule has 1 N–H and O–H groups in total. The van der Waals surface area contributed by atoms with Gasteiger partial charge in [-0.3, -0.25) is 9.48 Å². The molecule has 6 nitrogen and oxygen atoms in total. The third-order valence-corrected chi connectivity index (χ3v) is 3.81. The summed E-state index contributed by atoms with van der Waals surface area (Å²) in [6.45, 7) is 5.35. The van der Waals surface area contributed by atoms with Crippen molar-refractivity contribution in [2.45, 2.75) is 32.7 Å². The Morgan fingerprint density at radius 1 is 1.25 bits per heavy atom. The van der Waals surface area contributed by atoms with Crippen molar-refractivity contribution in [1.82, 2.24) is 25.1 Å². The number of amides is 1. The maximum Gasteiger partial charge on any atom is 0.270 e. The van der Waals surface area contributed by atoms with Crippen LogP contribution in [-0.4, -0.2) is 32.2 Å². The number of para-hydroxylation sites is 1. The standard InChI is InChI=1S/C18H21N5O/c1-13(2)17-19-10-8-15(22-17)18(24)20-9-5-11-23-16-7-4-3-6-14(16)12-21-23/h3-4,6-8,10,12-13H,5,9,11H2,1-2H3,(H,20,24). The second-order valence-electron chi connectivity index (χ2n) is 5.99. The van der Waals surface area contributed by atoms with E-state index in [-0.39, 0.29) is 11.8 Å². The van der Waals surface area contributed by atoms with Gasteiger partial charge in [0, 0.05) is 30.6 Å². The molecule has 0 unspecified atom stereocenters. The number of fused-ring (bicyclic) bond motifs is 1. The lowest BCUT2D eigenvalue weighted by molar-refractivity contribution is 0.0947. The summed E-state index contributed by atoms with van der Waals surface area (Å²) in [6, 6.07) is 9.74. The predicted molar refractivity (Wildman–Crippen MR) is 92.8 cm³/mol. The molecular formula is C18H21N5O. The fourth-order valence-electron chi connectivity index (χ4n) is 2.50. The largest absolute Gasteiger partial charge is 0.351 e. The molecule has 2 aromatic heterocycles. The van der Waals surface area contributed by atoms with Crippen LogP contribution in [0.1, 0.15) is 42.5 Å². The molecule has 0 radical (unpaired) electrons. The van der Waals surface area contributed by atoms with Crippen molar-refractivity contribution in [2.24, 2.45) is 0 Å². The number of nitrogens with zero attached hydrogens (tertiary/aromatic N) is 4. The van der Waals surface area contributed by atoms with Gasteiger partial charge in [-0.15, -0.1) is 0 Å². The lowest BCUT2D eigenvalue weighted by atomic mass is 10.2. The number of hydrogen-bond donors (Lipinski definition) is 1. The lowest BCUT2D eigenvalue weighted by Crippen LogP contribution is -2.26. The van der Waals surface area contributed by atoms with Gasteiger partial charge in [-0.25, -0.2) is 9.97 Å². The van der Waals surface area contributed by atoms with E-state index in [1.165, 1.54) is 0 Å². The second kappa shape index (κ2) is 7.21. The van der Waals surface area contributed by atoms with Crippen LogP contribution in [0.4, 0.5) is 0 Å². The number of hydrogen-bond acceptors (Lipinski definition) is 4. The monoisotopic (exact) mass is 323 g/mol. The third-order valence-electron chi connectivity index (χ3n) is 3.81. The highest BCUT2D eigenvalue weighted by molar-refractivity contribution is 5.92. The Labute approximate surface area is 140 Å². The number of benzene rings is 1. The molecule has 0 saturated heterocycles. The SMILES string of the molecule is CC(C)c1nccc(C(=O)NCCCn2ncc3ccccc32)n1. The van der Waals surface area contributed by atoms with E-state index in [1.54, 1.807) is 12.3 Å². The van der Waals surface area contributed by atoms with Gasteiger partial charge in [0.05, 0.1) is 11.7 Å². The quantitative estimate of drug-likeness (QED) is 0.708. The maximum atomic E-state index is 12.2. The first kappa shape index (κ1) is 16.1. The van der Waals surface area contributed by atoms with Gasteiger partial charge in [0.25, 0.3) is 5.91 Å². The smallest absolute Gasteiger partial charge is 0.270 e. The van der Waals surface area contributed by atoms with E-state index in [0.717, 1.165) is 23.9 Å². The van der Waals surface area contributed by atoms with Gasteiger partial charge in [0.2, 0.25) is 0 Å². The topological polar surface area (TPSA) is 72.7 Å². The van der Waals surface area contributed by atoms with E-state index in [4.69, 9.17) is 0 Å². The van der Waals surface area contributed by atoms with Crippen LogP contribution in [-0.2, 0) is 6.54 Å². The van der Waals surface area contributed by atoms with E-state index in [2.05, 4.69) is 26.4 Å².